The topological polar surface area (TPSA) is 76.2 Å². The van der Waals surface area contributed by atoms with Crippen molar-refractivity contribution in [2.45, 2.75) is 0 Å². The molecule has 0 aliphatic rings. The second-order valence-electron chi connectivity index (χ2n) is 2.58. The van der Waals surface area contributed by atoms with Crippen LogP contribution in [0.2, 0.25) is 0 Å². The number of phenolic OH excluding ortho intramolecular Hbond substituents is 1. The van der Waals surface area contributed by atoms with Gasteiger partial charge in [-0.1, -0.05) is 0 Å². The molecular weight excluding hydrogens is 188 g/mol. The Morgan fingerprint density at radius 1 is 1.54 bits per heavy atom. The summed E-state index contributed by atoms with van der Waals surface area (Å²) in [5, 5.41) is 9.83. The summed E-state index contributed by atoms with van der Waals surface area (Å²) in [6.07, 6.45) is 0. The summed E-state index contributed by atoms with van der Waals surface area (Å²) >= 11 is 1.15. The molecule has 66 valence electrons. The van der Waals surface area contributed by atoms with Crippen molar-refractivity contribution >= 4 is 27.5 Å². The molecule has 1 aromatic heterocycles. The molecule has 0 saturated carbocycles. The zero-order chi connectivity index (χ0) is 9.42. The van der Waals surface area contributed by atoms with Crippen LogP contribution in [0.1, 0.15) is 10.5 Å². The van der Waals surface area contributed by atoms with E-state index in [0.717, 1.165) is 16.2 Å². The molecular formula is C8H6N2O2S. The minimum Gasteiger partial charge on any atom is -0.508 e. The normalized spacial score (nSPS) is 10.5. The highest BCUT2D eigenvalue weighted by atomic mass is 32.1. The molecule has 0 unspecified atom stereocenters. The molecule has 0 saturated heterocycles. The summed E-state index contributed by atoms with van der Waals surface area (Å²) in [6.45, 7) is 0. The summed E-state index contributed by atoms with van der Waals surface area (Å²) in [5.74, 6) is -0.385. The van der Waals surface area contributed by atoms with Crippen LogP contribution in [-0.2, 0) is 0 Å². The van der Waals surface area contributed by atoms with Gasteiger partial charge in [0.25, 0.3) is 5.91 Å². The van der Waals surface area contributed by atoms with Gasteiger partial charge in [-0.2, -0.15) is 4.37 Å². The maximum Gasteiger partial charge on any atom is 0.269 e. The molecule has 2 rings (SSSR count). The number of carbonyl (C=O) groups is 1. The van der Waals surface area contributed by atoms with Crippen LogP contribution in [0.25, 0.3) is 10.1 Å². The van der Waals surface area contributed by atoms with Gasteiger partial charge in [0, 0.05) is 5.39 Å². The van der Waals surface area contributed by atoms with E-state index in [1.165, 1.54) is 6.07 Å². The van der Waals surface area contributed by atoms with Gasteiger partial charge < -0.3 is 10.8 Å². The van der Waals surface area contributed by atoms with E-state index >= 15 is 0 Å². The third-order valence-electron chi connectivity index (χ3n) is 1.69. The second kappa shape index (κ2) is 2.70. The lowest BCUT2D eigenvalue weighted by molar-refractivity contribution is 0.0998. The van der Waals surface area contributed by atoms with Gasteiger partial charge in [0.15, 0.2) is 0 Å². The van der Waals surface area contributed by atoms with Gasteiger partial charge in [-0.05, 0) is 29.7 Å². The fourth-order valence-corrected chi connectivity index (χ4v) is 1.92. The summed E-state index contributed by atoms with van der Waals surface area (Å²) in [4.78, 5) is 10.9. The predicted molar refractivity (Wildman–Crippen MR) is 49.8 cm³/mol. The van der Waals surface area contributed by atoms with Crippen LogP contribution in [0.5, 0.6) is 5.75 Å². The zero-order valence-corrected chi connectivity index (χ0v) is 7.34. The summed E-state index contributed by atoms with van der Waals surface area (Å²) in [5.41, 5.74) is 5.37. The van der Waals surface area contributed by atoms with Gasteiger partial charge in [0.2, 0.25) is 0 Å². The molecule has 0 aliphatic carbocycles. The first-order valence-corrected chi connectivity index (χ1v) is 4.34. The molecule has 0 aliphatic heterocycles. The smallest absolute Gasteiger partial charge is 0.269 e. The van der Waals surface area contributed by atoms with E-state index in [1.54, 1.807) is 12.1 Å². The Balaban J connectivity index is 2.76. The van der Waals surface area contributed by atoms with E-state index < -0.39 is 5.91 Å². The third kappa shape index (κ3) is 1.23. The molecule has 0 radical (unpaired) electrons. The van der Waals surface area contributed by atoms with E-state index in [4.69, 9.17) is 10.8 Å². The Labute approximate surface area is 77.8 Å². The largest absolute Gasteiger partial charge is 0.508 e. The van der Waals surface area contributed by atoms with Gasteiger partial charge in [0.1, 0.15) is 11.4 Å². The number of hydrogen-bond donors (Lipinski definition) is 2. The standard InChI is InChI=1S/C8H6N2O2S/c9-8(12)7-5-2-1-4(11)3-6(5)13-10-7/h1-3,11H,(H2,9,12). The van der Waals surface area contributed by atoms with Crippen LogP contribution in [0.15, 0.2) is 18.2 Å². The molecule has 1 amide bonds. The fraction of sp³-hybridized carbons (Fsp3) is 0. The minimum absolute atomic E-state index is 0.159. The van der Waals surface area contributed by atoms with Gasteiger partial charge in [0.05, 0.1) is 4.70 Å². The number of amides is 1. The van der Waals surface area contributed by atoms with Gasteiger partial charge in [-0.15, -0.1) is 0 Å². The van der Waals surface area contributed by atoms with E-state index in [0.29, 0.717) is 5.39 Å². The van der Waals surface area contributed by atoms with E-state index in [-0.39, 0.29) is 11.4 Å². The van der Waals surface area contributed by atoms with Crippen molar-refractivity contribution in [2.24, 2.45) is 5.73 Å². The van der Waals surface area contributed by atoms with Crippen LogP contribution in [0.4, 0.5) is 0 Å². The molecule has 1 aromatic carbocycles. The van der Waals surface area contributed by atoms with Crippen molar-refractivity contribution in [3.05, 3.63) is 23.9 Å². The Kier molecular flexibility index (Phi) is 1.66. The van der Waals surface area contributed by atoms with Crippen molar-refractivity contribution in [1.82, 2.24) is 4.37 Å². The quantitative estimate of drug-likeness (QED) is 0.713. The maximum absolute atomic E-state index is 10.9. The van der Waals surface area contributed by atoms with Crippen LogP contribution in [0.3, 0.4) is 0 Å². The van der Waals surface area contributed by atoms with Gasteiger partial charge in [-0.3, -0.25) is 4.79 Å². The third-order valence-corrected chi connectivity index (χ3v) is 2.50. The minimum atomic E-state index is -0.545. The van der Waals surface area contributed by atoms with E-state index in [1.807, 2.05) is 0 Å². The molecule has 0 fully saturated rings. The summed E-state index contributed by atoms with van der Waals surface area (Å²) in [6, 6.07) is 4.69. The molecule has 4 nitrogen and oxygen atoms in total. The number of carbonyl (C=O) groups excluding carboxylic acids is 1. The second-order valence-corrected chi connectivity index (χ2v) is 3.38. The number of fused-ring (bicyclic) bond motifs is 1. The first kappa shape index (κ1) is 8.00. The highest BCUT2D eigenvalue weighted by Crippen LogP contribution is 2.25. The summed E-state index contributed by atoms with van der Waals surface area (Å²) in [7, 11) is 0. The highest BCUT2D eigenvalue weighted by Gasteiger charge is 2.10. The van der Waals surface area contributed by atoms with Gasteiger partial charge in [-0.25, -0.2) is 0 Å². The SMILES string of the molecule is NC(=O)c1nsc2cc(O)ccc12. The fourth-order valence-electron chi connectivity index (χ4n) is 1.10. The first-order chi connectivity index (χ1) is 6.18. The van der Waals surface area contributed by atoms with E-state index in [9.17, 15) is 4.79 Å². The van der Waals surface area contributed by atoms with Crippen molar-refractivity contribution in [3.63, 3.8) is 0 Å². The molecule has 0 bridgehead atoms. The van der Waals surface area contributed by atoms with Crippen LogP contribution in [-0.4, -0.2) is 15.4 Å². The molecule has 0 spiro atoms. The number of primary amides is 1. The Bertz CT molecular complexity index is 478. The lowest BCUT2D eigenvalue weighted by Gasteiger charge is -1.91. The number of aromatic nitrogens is 1. The average molecular weight is 194 g/mol. The Morgan fingerprint density at radius 2 is 2.31 bits per heavy atom. The number of phenols is 1. The molecule has 2 aromatic rings. The molecule has 13 heavy (non-hydrogen) atoms. The van der Waals surface area contributed by atoms with Crippen LogP contribution < -0.4 is 5.73 Å². The average Bonchev–Trinajstić information content (AvgIpc) is 2.46. The molecule has 1 heterocycles. The zero-order valence-electron chi connectivity index (χ0n) is 6.52. The monoisotopic (exact) mass is 194 g/mol. The lowest BCUT2D eigenvalue weighted by atomic mass is 10.2. The van der Waals surface area contributed by atoms with E-state index in [2.05, 4.69) is 4.37 Å². The van der Waals surface area contributed by atoms with Crippen molar-refractivity contribution in [2.75, 3.05) is 0 Å². The van der Waals surface area contributed by atoms with Gasteiger partial charge >= 0.3 is 0 Å². The number of aromatic hydroxyl groups is 1. The number of nitrogens with zero attached hydrogens (tertiary/aromatic N) is 1. The summed E-state index contributed by atoms with van der Waals surface area (Å²) < 4.78 is 4.65. The Morgan fingerprint density at radius 3 is 3.00 bits per heavy atom. The Hall–Kier alpha value is -1.62. The predicted octanol–water partition coefficient (Wildman–Crippen LogP) is 1.10. The number of nitrogens with two attached hydrogens (primary N) is 1. The number of benzene rings is 1. The maximum atomic E-state index is 10.9. The van der Waals surface area contributed by atoms with Crippen LogP contribution >= 0.6 is 11.5 Å². The van der Waals surface area contributed by atoms with Crippen molar-refractivity contribution in [3.8, 4) is 5.75 Å². The van der Waals surface area contributed by atoms with Crippen molar-refractivity contribution < 1.29 is 9.90 Å². The molecule has 0 atom stereocenters. The number of rotatable bonds is 1. The molecule has 5 heteroatoms. The first-order valence-electron chi connectivity index (χ1n) is 3.56. The number of hydrogen-bond acceptors (Lipinski definition) is 4. The highest BCUT2D eigenvalue weighted by molar-refractivity contribution is 7.13. The lowest BCUT2D eigenvalue weighted by Crippen LogP contribution is -2.11. The van der Waals surface area contributed by atoms with Crippen LogP contribution in [0, 0.1) is 0 Å². The molecule has 3 N–H and O–H groups in total. The van der Waals surface area contributed by atoms with Crippen molar-refractivity contribution in [1.29, 1.82) is 0 Å².